The van der Waals surface area contributed by atoms with Crippen molar-refractivity contribution >= 4 is 0 Å². The van der Waals surface area contributed by atoms with Gasteiger partial charge in [-0.1, -0.05) is 32.6 Å². The number of hydrogen-bond acceptors (Lipinski definition) is 3. The fourth-order valence-corrected chi connectivity index (χ4v) is 2.64. The van der Waals surface area contributed by atoms with Crippen molar-refractivity contribution in [2.24, 2.45) is 0 Å². The molecule has 0 saturated carbocycles. The van der Waals surface area contributed by atoms with Crippen molar-refractivity contribution in [2.75, 3.05) is 6.54 Å². The highest BCUT2D eigenvalue weighted by molar-refractivity contribution is 5.24. The summed E-state index contributed by atoms with van der Waals surface area (Å²) in [5.41, 5.74) is 3.22. The van der Waals surface area contributed by atoms with Gasteiger partial charge in [-0.15, -0.1) is 0 Å². The number of nitrogens with one attached hydrogen (secondary N) is 1. The second-order valence-electron chi connectivity index (χ2n) is 5.91. The fourth-order valence-electron chi connectivity index (χ4n) is 2.64. The van der Waals surface area contributed by atoms with Gasteiger partial charge in [-0.3, -0.25) is 4.57 Å². The number of rotatable bonds is 9. The molecule has 2 aromatic rings. The van der Waals surface area contributed by atoms with Gasteiger partial charge in [0.2, 0.25) is 5.95 Å². The van der Waals surface area contributed by atoms with Crippen LogP contribution in [0.2, 0.25) is 0 Å². The zero-order chi connectivity index (χ0) is 15.8. The second-order valence-corrected chi connectivity index (χ2v) is 5.91. The van der Waals surface area contributed by atoms with Gasteiger partial charge in [0.05, 0.1) is 0 Å². The summed E-state index contributed by atoms with van der Waals surface area (Å²) >= 11 is 0. The van der Waals surface area contributed by atoms with Crippen LogP contribution < -0.4 is 5.32 Å². The lowest BCUT2D eigenvalue weighted by molar-refractivity contribution is 0.576. The molecule has 2 aromatic heterocycles. The molecule has 0 spiro atoms. The van der Waals surface area contributed by atoms with Crippen molar-refractivity contribution in [1.82, 2.24) is 19.9 Å². The Morgan fingerprint density at radius 3 is 2.50 bits per heavy atom. The highest BCUT2D eigenvalue weighted by atomic mass is 15.2. The molecule has 0 aliphatic rings. The molecule has 2 heterocycles. The third-order valence-electron chi connectivity index (χ3n) is 3.78. The number of hydrogen-bond donors (Lipinski definition) is 1. The molecular weight excluding hydrogens is 272 g/mol. The monoisotopic (exact) mass is 300 g/mol. The summed E-state index contributed by atoms with van der Waals surface area (Å²) in [4.78, 5) is 9.08. The first-order valence-electron chi connectivity index (χ1n) is 8.40. The van der Waals surface area contributed by atoms with Crippen LogP contribution in [-0.4, -0.2) is 21.1 Å². The summed E-state index contributed by atoms with van der Waals surface area (Å²) in [5, 5.41) is 3.53. The Balaban J connectivity index is 1.87. The van der Waals surface area contributed by atoms with Crippen LogP contribution in [0, 0.1) is 13.8 Å². The molecule has 22 heavy (non-hydrogen) atoms. The Morgan fingerprint density at radius 1 is 1.05 bits per heavy atom. The zero-order valence-corrected chi connectivity index (χ0v) is 14.1. The van der Waals surface area contributed by atoms with Gasteiger partial charge in [0.1, 0.15) is 0 Å². The van der Waals surface area contributed by atoms with Crippen LogP contribution in [0.1, 0.15) is 56.1 Å². The molecule has 0 aliphatic carbocycles. The lowest BCUT2D eigenvalue weighted by atomic mass is 10.1. The first kappa shape index (κ1) is 16.7. The molecular formula is C18H28N4. The van der Waals surface area contributed by atoms with E-state index in [2.05, 4.69) is 38.9 Å². The SMILES string of the molecule is CCCCCCCNCc1cccn1-c1nc(C)cc(C)n1. The number of aryl methyl sites for hydroxylation is 2. The summed E-state index contributed by atoms with van der Waals surface area (Å²) in [6.45, 7) is 8.20. The molecule has 0 unspecified atom stereocenters. The summed E-state index contributed by atoms with van der Waals surface area (Å²) in [7, 11) is 0. The maximum atomic E-state index is 4.54. The molecule has 2 rings (SSSR count). The van der Waals surface area contributed by atoms with E-state index >= 15 is 0 Å². The van der Waals surface area contributed by atoms with Crippen molar-refractivity contribution in [3.8, 4) is 5.95 Å². The molecule has 4 nitrogen and oxygen atoms in total. The Hall–Kier alpha value is -1.68. The minimum atomic E-state index is 0.766. The lowest BCUT2D eigenvalue weighted by Gasteiger charge is -2.10. The maximum Gasteiger partial charge on any atom is 0.234 e. The molecule has 4 heteroatoms. The third-order valence-corrected chi connectivity index (χ3v) is 3.78. The number of aromatic nitrogens is 3. The lowest BCUT2D eigenvalue weighted by Crippen LogP contribution is -2.17. The van der Waals surface area contributed by atoms with Crippen LogP contribution in [-0.2, 0) is 6.54 Å². The largest absolute Gasteiger partial charge is 0.311 e. The number of unbranched alkanes of at least 4 members (excludes halogenated alkanes) is 4. The van der Waals surface area contributed by atoms with Crippen LogP contribution in [0.15, 0.2) is 24.4 Å². The van der Waals surface area contributed by atoms with Gasteiger partial charge in [-0.2, -0.15) is 0 Å². The van der Waals surface area contributed by atoms with Crippen LogP contribution in [0.4, 0.5) is 0 Å². The first-order valence-corrected chi connectivity index (χ1v) is 8.40. The van der Waals surface area contributed by atoms with Gasteiger partial charge >= 0.3 is 0 Å². The summed E-state index contributed by atoms with van der Waals surface area (Å²) < 4.78 is 2.07. The minimum absolute atomic E-state index is 0.766. The molecule has 0 bridgehead atoms. The molecule has 0 aliphatic heterocycles. The van der Waals surface area contributed by atoms with Crippen molar-refractivity contribution in [3.63, 3.8) is 0 Å². The molecule has 0 radical (unpaired) electrons. The quantitative estimate of drug-likeness (QED) is 0.713. The molecule has 120 valence electrons. The third kappa shape index (κ3) is 4.95. The Bertz CT molecular complexity index is 554. The molecule has 0 saturated heterocycles. The predicted octanol–water partition coefficient (Wildman–Crippen LogP) is 3.94. The van der Waals surface area contributed by atoms with E-state index in [0.717, 1.165) is 30.4 Å². The smallest absolute Gasteiger partial charge is 0.234 e. The van der Waals surface area contributed by atoms with Crippen LogP contribution in [0.5, 0.6) is 0 Å². The first-order chi connectivity index (χ1) is 10.7. The van der Waals surface area contributed by atoms with E-state index in [1.54, 1.807) is 0 Å². The van der Waals surface area contributed by atoms with Gasteiger partial charge in [0.15, 0.2) is 0 Å². The van der Waals surface area contributed by atoms with E-state index in [-0.39, 0.29) is 0 Å². The summed E-state index contributed by atoms with van der Waals surface area (Å²) in [6, 6.07) is 6.19. The van der Waals surface area contributed by atoms with E-state index in [1.807, 2.05) is 26.1 Å². The normalized spacial score (nSPS) is 11.0. The van der Waals surface area contributed by atoms with E-state index < -0.39 is 0 Å². The van der Waals surface area contributed by atoms with E-state index in [4.69, 9.17) is 0 Å². The average Bonchev–Trinajstić information content (AvgIpc) is 2.94. The van der Waals surface area contributed by atoms with Crippen LogP contribution >= 0.6 is 0 Å². The number of nitrogens with zero attached hydrogens (tertiary/aromatic N) is 3. The average molecular weight is 300 g/mol. The van der Waals surface area contributed by atoms with Crippen LogP contribution in [0.25, 0.3) is 5.95 Å². The van der Waals surface area contributed by atoms with Gasteiger partial charge in [0.25, 0.3) is 0 Å². The highest BCUT2D eigenvalue weighted by Gasteiger charge is 2.06. The van der Waals surface area contributed by atoms with Crippen molar-refractivity contribution in [2.45, 2.75) is 59.4 Å². The second kappa shape index (κ2) is 8.69. The van der Waals surface area contributed by atoms with E-state index in [9.17, 15) is 0 Å². The van der Waals surface area contributed by atoms with Crippen molar-refractivity contribution in [3.05, 3.63) is 41.5 Å². The van der Waals surface area contributed by atoms with Crippen molar-refractivity contribution < 1.29 is 0 Å². The topological polar surface area (TPSA) is 42.7 Å². The van der Waals surface area contributed by atoms with E-state index in [0.29, 0.717) is 0 Å². The predicted molar refractivity (Wildman–Crippen MR) is 91.3 cm³/mol. The maximum absolute atomic E-state index is 4.54. The van der Waals surface area contributed by atoms with Gasteiger partial charge in [-0.25, -0.2) is 9.97 Å². The molecule has 1 N–H and O–H groups in total. The molecule has 0 amide bonds. The van der Waals surface area contributed by atoms with E-state index in [1.165, 1.54) is 37.8 Å². The van der Waals surface area contributed by atoms with Gasteiger partial charge < -0.3 is 5.32 Å². The fraction of sp³-hybridized carbons (Fsp3) is 0.556. The summed E-state index contributed by atoms with van der Waals surface area (Å²) in [5.74, 6) is 0.766. The zero-order valence-electron chi connectivity index (χ0n) is 14.1. The molecule has 0 fully saturated rings. The Labute approximate surface area is 134 Å². The Morgan fingerprint density at radius 2 is 1.77 bits per heavy atom. The van der Waals surface area contributed by atoms with Crippen molar-refractivity contribution in [1.29, 1.82) is 0 Å². The van der Waals surface area contributed by atoms with Crippen LogP contribution in [0.3, 0.4) is 0 Å². The van der Waals surface area contributed by atoms with Gasteiger partial charge in [-0.05, 0) is 45.0 Å². The summed E-state index contributed by atoms with van der Waals surface area (Å²) in [6.07, 6.45) is 8.62. The van der Waals surface area contributed by atoms with Gasteiger partial charge in [0, 0.05) is 29.8 Å². The standard InChI is InChI=1S/C18H28N4/c1-4-5-6-7-8-11-19-14-17-10-9-12-22(17)18-20-15(2)13-16(3)21-18/h9-10,12-13,19H,4-8,11,14H2,1-3H3. The molecule has 0 atom stereocenters. The minimum Gasteiger partial charge on any atom is -0.311 e. The molecule has 0 aromatic carbocycles. The Kier molecular flexibility index (Phi) is 6.59. The highest BCUT2D eigenvalue weighted by Crippen LogP contribution is 2.10.